The molecule has 1 heterocycles. The quantitative estimate of drug-likeness (QED) is 0.756. The molecular formula is C11H10N2O2S. The molecule has 0 aliphatic carbocycles. The smallest absolute Gasteiger partial charge is 0.292 e. The molecule has 0 aliphatic heterocycles. The predicted molar refractivity (Wildman–Crippen MR) is 61.9 cm³/mol. The number of hydrogen-bond acceptors (Lipinski definition) is 4. The number of carbonyl (C=O) groups excluding carboxylic acids is 1. The van der Waals surface area contributed by atoms with Crippen LogP contribution in [-0.4, -0.2) is 15.6 Å². The summed E-state index contributed by atoms with van der Waals surface area (Å²) in [6.45, 7) is 1.75. The summed E-state index contributed by atoms with van der Waals surface area (Å²) in [4.78, 5) is 23.0. The van der Waals surface area contributed by atoms with E-state index in [0.29, 0.717) is 10.6 Å². The van der Waals surface area contributed by atoms with Gasteiger partial charge in [0.2, 0.25) is 0 Å². The Bertz CT molecular complexity index is 557. The van der Waals surface area contributed by atoms with E-state index in [1.807, 2.05) is 6.07 Å². The second-order valence-corrected chi connectivity index (χ2v) is 4.48. The summed E-state index contributed by atoms with van der Waals surface area (Å²) in [5.74, 6) is -0.104. The lowest BCUT2D eigenvalue weighted by Crippen LogP contribution is -2.20. The molecule has 0 atom stereocenters. The van der Waals surface area contributed by atoms with Gasteiger partial charge in [-0.3, -0.25) is 9.59 Å². The molecule has 0 unspecified atom stereocenters. The van der Waals surface area contributed by atoms with Crippen molar-refractivity contribution in [3.8, 4) is 0 Å². The Labute approximate surface area is 96.2 Å². The summed E-state index contributed by atoms with van der Waals surface area (Å²) in [5, 5.41) is 4.65. The van der Waals surface area contributed by atoms with E-state index < -0.39 is 0 Å². The first-order valence-electron chi connectivity index (χ1n) is 4.79. The van der Waals surface area contributed by atoms with Crippen LogP contribution in [0.15, 0.2) is 35.1 Å². The third-order valence-corrected chi connectivity index (χ3v) is 2.86. The lowest BCUT2D eigenvalue weighted by Gasteiger charge is -1.99. The first-order valence-corrected chi connectivity index (χ1v) is 5.61. The second kappa shape index (κ2) is 4.40. The largest absolute Gasteiger partial charge is 0.325 e. The Hall–Kier alpha value is -1.75. The molecule has 16 heavy (non-hydrogen) atoms. The molecule has 1 aromatic heterocycles. The Morgan fingerprint density at radius 1 is 1.38 bits per heavy atom. The number of rotatable bonds is 3. The van der Waals surface area contributed by atoms with Gasteiger partial charge >= 0.3 is 4.87 Å². The summed E-state index contributed by atoms with van der Waals surface area (Å²) in [6, 6.07) is 8.89. The molecule has 1 aromatic carbocycles. The van der Waals surface area contributed by atoms with Crippen molar-refractivity contribution >= 4 is 17.1 Å². The Morgan fingerprint density at radius 2 is 2.06 bits per heavy atom. The first-order chi connectivity index (χ1) is 7.66. The number of carbonyl (C=O) groups is 1. The minimum Gasteiger partial charge on any atom is -0.292 e. The van der Waals surface area contributed by atoms with Crippen LogP contribution in [0.3, 0.4) is 0 Å². The molecule has 0 saturated carbocycles. The Morgan fingerprint density at radius 3 is 2.62 bits per heavy atom. The summed E-state index contributed by atoms with van der Waals surface area (Å²) < 4.78 is 1.20. The normalized spacial score (nSPS) is 10.3. The van der Waals surface area contributed by atoms with Crippen LogP contribution in [0, 0.1) is 6.92 Å². The maximum Gasteiger partial charge on any atom is 0.325 e. The van der Waals surface area contributed by atoms with Crippen LogP contribution >= 0.6 is 11.3 Å². The van der Waals surface area contributed by atoms with Gasteiger partial charge in [0.05, 0.1) is 0 Å². The number of nitrogens with zero attached hydrogens (tertiary/aromatic N) is 2. The van der Waals surface area contributed by atoms with E-state index in [2.05, 4.69) is 5.10 Å². The van der Waals surface area contributed by atoms with E-state index >= 15 is 0 Å². The van der Waals surface area contributed by atoms with Crippen LogP contribution in [0.25, 0.3) is 0 Å². The molecule has 0 aliphatic rings. The van der Waals surface area contributed by atoms with Gasteiger partial charge in [0, 0.05) is 5.56 Å². The third kappa shape index (κ3) is 2.25. The molecule has 0 bridgehead atoms. The van der Waals surface area contributed by atoms with Crippen LogP contribution in [0.5, 0.6) is 0 Å². The molecule has 5 heteroatoms. The number of aryl methyl sites for hydroxylation is 1. The van der Waals surface area contributed by atoms with Gasteiger partial charge in [-0.15, -0.1) is 0 Å². The fourth-order valence-electron chi connectivity index (χ4n) is 1.36. The molecule has 2 aromatic rings. The first kappa shape index (κ1) is 10.8. The highest BCUT2D eigenvalue weighted by Crippen LogP contribution is 2.02. The maximum atomic E-state index is 11.8. The van der Waals surface area contributed by atoms with Crippen LogP contribution in [-0.2, 0) is 6.54 Å². The van der Waals surface area contributed by atoms with Crippen molar-refractivity contribution < 1.29 is 4.79 Å². The molecule has 0 spiro atoms. The average Bonchev–Trinajstić information content (AvgIpc) is 2.59. The van der Waals surface area contributed by atoms with Crippen molar-refractivity contribution in [2.75, 3.05) is 0 Å². The van der Waals surface area contributed by atoms with Gasteiger partial charge in [-0.1, -0.05) is 41.7 Å². The molecular weight excluding hydrogens is 224 g/mol. The highest BCUT2D eigenvalue weighted by atomic mass is 32.1. The Balaban J connectivity index is 2.20. The molecule has 0 amide bonds. The number of ketones is 1. The molecule has 0 N–H and O–H groups in total. The standard InChI is InChI=1S/C11H10N2O2S/c1-8-12-13(11(15)16-8)7-10(14)9-5-3-2-4-6-9/h2-6H,7H2,1H3. The summed E-state index contributed by atoms with van der Waals surface area (Å²) in [5.41, 5.74) is 0.597. The fourth-order valence-corrected chi connectivity index (χ4v) is 1.96. The van der Waals surface area contributed by atoms with Gasteiger partial charge in [-0.25, -0.2) is 4.68 Å². The third-order valence-electron chi connectivity index (χ3n) is 2.10. The SMILES string of the molecule is Cc1nn(CC(=O)c2ccccc2)c(=O)s1. The van der Waals surface area contributed by atoms with Crippen molar-refractivity contribution in [1.82, 2.24) is 9.78 Å². The van der Waals surface area contributed by atoms with Crippen LogP contribution in [0.4, 0.5) is 0 Å². The van der Waals surface area contributed by atoms with Crippen molar-refractivity contribution in [2.45, 2.75) is 13.5 Å². The lowest BCUT2D eigenvalue weighted by atomic mass is 10.1. The second-order valence-electron chi connectivity index (χ2n) is 3.33. The fraction of sp³-hybridized carbons (Fsp3) is 0.182. The van der Waals surface area contributed by atoms with Crippen molar-refractivity contribution in [1.29, 1.82) is 0 Å². The van der Waals surface area contributed by atoms with Gasteiger partial charge in [-0.2, -0.15) is 5.10 Å². The summed E-state index contributed by atoms with van der Waals surface area (Å²) in [7, 11) is 0. The molecule has 82 valence electrons. The van der Waals surface area contributed by atoms with Gasteiger partial charge in [-0.05, 0) is 6.92 Å². The van der Waals surface area contributed by atoms with Crippen molar-refractivity contribution in [2.24, 2.45) is 0 Å². The van der Waals surface area contributed by atoms with E-state index in [9.17, 15) is 9.59 Å². The molecule has 4 nitrogen and oxygen atoms in total. The zero-order valence-corrected chi connectivity index (χ0v) is 9.53. The van der Waals surface area contributed by atoms with Crippen LogP contribution in [0.1, 0.15) is 15.4 Å². The highest BCUT2D eigenvalue weighted by Gasteiger charge is 2.09. The predicted octanol–water partition coefficient (Wildman–Crippen LogP) is 1.50. The minimum absolute atomic E-state index is 0.00713. The number of aromatic nitrogens is 2. The summed E-state index contributed by atoms with van der Waals surface area (Å²) in [6.07, 6.45) is 0. The lowest BCUT2D eigenvalue weighted by molar-refractivity contribution is 0.0966. The van der Waals surface area contributed by atoms with E-state index in [1.54, 1.807) is 31.2 Å². The highest BCUT2D eigenvalue weighted by molar-refractivity contribution is 7.08. The number of benzene rings is 1. The Kier molecular flexibility index (Phi) is 2.96. The summed E-state index contributed by atoms with van der Waals surface area (Å²) >= 11 is 1.05. The molecule has 0 saturated heterocycles. The van der Waals surface area contributed by atoms with Crippen LogP contribution < -0.4 is 4.87 Å². The zero-order valence-electron chi connectivity index (χ0n) is 8.71. The monoisotopic (exact) mass is 234 g/mol. The molecule has 0 fully saturated rings. The van der Waals surface area contributed by atoms with Crippen LogP contribution in [0.2, 0.25) is 0 Å². The van der Waals surface area contributed by atoms with E-state index in [4.69, 9.17) is 0 Å². The van der Waals surface area contributed by atoms with E-state index in [0.717, 1.165) is 11.3 Å². The number of Topliss-reactive ketones (excluding diaryl/α,β-unsaturated/α-hetero) is 1. The van der Waals surface area contributed by atoms with E-state index in [1.165, 1.54) is 4.68 Å². The van der Waals surface area contributed by atoms with Gasteiger partial charge in [0.1, 0.15) is 11.6 Å². The number of hydrogen-bond donors (Lipinski definition) is 0. The minimum atomic E-state index is -0.193. The molecule has 0 radical (unpaired) electrons. The topological polar surface area (TPSA) is 52.0 Å². The maximum absolute atomic E-state index is 11.8. The van der Waals surface area contributed by atoms with Crippen molar-refractivity contribution in [3.05, 3.63) is 50.6 Å². The van der Waals surface area contributed by atoms with Gasteiger partial charge in [0.25, 0.3) is 0 Å². The zero-order chi connectivity index (χ0) is 11.5. The van der Waals surface area contributed by atoms with Gasteiger partial charge < -0.3 is 0 Å². The van der Waals surface area contributed by atoms with Crippen molar-refractivity contribution in [3.63, 3.8) is 0 Å². The average molecular weight is 234 g/mol. The van der Waals surface area contributed by atoms with Gasteiger partial charge in [0.15, 0.2) is 5.78 Å². The van der Waals surface area contributed by atoms with E-state index in [-0.39, 0.29) is 17.2 Å². The molecule has 2 rings (SSSR count).